The minimum absolute atomic E-state index is 0.0767. The number of oxime groups is 1. The van der Waals surface area contributed by atoms with Crippen LogP contribution in [0.4, 0.5) is 4.39 Å². The molecule has 9 nitrogen and oxygen atoms in total. The fraction of sp³-hybridized carbons (Fsp3) is 0.192. The van der Waals surface area contributed by atoms with Crippen molar-refractivity contribution < 1.29 is 40.9 Å². The zero-order valence-corrected chi connectivity index (χ0v) is 27.9. The molecule has 3 atom stereocenters. The molecule has 0 saturated heterocycles. The lowest BCUT2D eigenvalue weighted by Gasteiger charge is -2.27. The second-order valence-corrected chi connectivity index (χ2v) is 12.8. The number of hydrogen-bond acceptors (Lipinski definition) is 9. The van der Waals surface area contributed by atoms with Crippen LogP contribution in [0.1, 0.15) is 20.7 Å². The molecule has 44 heavy (non-hydrogen) atoms. The molecule has 3 aromatic rings. The Morgan fingerprint density at radius 2 is 1.36 bits per heavy atom. The third kappa shape index (κ3) is 9.48. The van der Waals surface area contributed by atoms with E-state index < -0.39 is 57.0 Å². The standard InChI is InChI=1S/C26H17Cl7FNO8S/c1-40-35-10-21(34)24(42-26(37)15-5-3-13(28)7-17(15)30)22(11-41-25(36)14-4-2-12(27)6-16(14)29)43-44(38,39)23-9-19(32)18(31)8-20(23)33/h2-10,21-22,24H,11H2,1H3. The minimum atomic E-state index is -4.96. The lowest BCUT2D eigenvalue weighted by atomic mass is 10.1. The van der Waals surface area contributed by atoms with Crippen LogP contribution >= 0.6 is 81.2 Å². The highest BCUT2D eigenvalue weighted by atomic mass is 35.5. The van der Waals surface area contributed by atoms with Gasteiger partial charge < -0.3 is 14.3 Å². The summed E-state index contributed by atoms with van der Waals surface area (Å²) in [6.45, 7) is -1.02. The van der Waals surface area contributed by atoms with E-state index in [9.17, 15) is 18.0 Å². The molecule has 18 heteroatoms. The van der Waals surface area contributed by atoms with E-state index in [1.165, 1.54) is 36.4 Å². The zero-order chi connectivity index (χ0) is 32.8. The maximum atomic E-state index is 15.6. The van der Waals surface area contributed by atoms with E-state index in [1.807, 2.05) is 0 Å². The van der Waals surface area contributed by atoms with Crippen LogP contribution in [-0.2, 0) is 28.6 Å². The van der Waals surface area contributed by atoms with E-state index in [0.717, 1.165) is 19.2 Å². The molecule has 0 fully saturated rings. The molecule has 0 heterocycles. The Hall–Kier alpha value is -2.06. The van der Waals surface area contributed by atoms with Crippen molar-refractivity contribution in [1.29, 1.82) is 0 Å². The van der Waals surface area contributed by atoms with Gasteiger partial charge in [0.2, 0.25) is 0 Å². The van der Waals surface area contributed by atoms with Crippen molar-refractivity contribution in [3.8, 4) is 0 Å². The van der Waals surface area contributed by atoms with Gasteiger partial charge in [-0.25, -0.2) is 14.0 Å². The number of halogens is 8. The van der Waals surface area contributed by atoms with Crippen LogP contribution in [-0.4, -0.2) is 58.7 Å². The Morgan fingerprint density at radius 3 is 1.91 bits per heavy atom. The van der Waals surface area contributed by atoms with Crippen LogP contribution in [0.5, 0.6) is 0 Å². The van der Waals surface area contributed by atoms with Crippen LogP contribution in [0.25, 0.3) is 0 Å². The van der Waals surface area contributed by atoms with E-state index in [0.29, 0.717) is 6.21 Å². The number of carbonyl (C=O) groups is 2. The highest BCUT2D eigenvalue weighted by molar-refractivity contribution is 7.87. The molecule has 0 amide bonds. The van der Waals surface area contributed by atoms with Crippen molar-refractivity contribution in [2.75, 3.05) is 13.7 Å². The van der Waals surface area contributed by atoms with E-state index in [4.69, 9.17) is 94.9 Å². The van der Waals surface area contributed by atoms with E-state index in [1.54, 1.807) is 0 Å². The van der Waals surface area contributed by atoms with Gasteiger partial charge in [-0.05, 0) is 48.5 Å². The Kier molecular flexibility index (Phi) is 13.2. The molecule has 0 spiro atoms. The van der Waals surface area contributed by atoms with Crippen LogP contribution in [0.2, 0.25) is 35.2 Å². The predicted molar refractivity (Wildman–Crippen MR) is 166 cm³/mol. The first kappa shape index (κ1) is 36.4. The van der Waals surface area contributed by atoms with Gasteiger partial charge in [0.25, 0.3) is 10.1 Å². The third-order valence-corrected chi connectivity index (χ3v) is 9.03. The van der Waals surface area contributed by atoms with E-state index in [2.05, 4.69) is 9.99 Å². The second kappa shape index (κ2) is 16.0. The first-order valence-corrected chi connectivity index (χ1v) is 15.8. The van der Waals surface area contributed by atoms with Crippen LogP contribution in [0.15, 0.2) is 58.6 Å². The summed E-state index contributed by atoms with van der Waals surface area (Å²) < 4.78 is 58.2. The summed E-state index contributed by atoms with van der Waals surface area (Å²) >= 11 is 41.9. The summed E-state index contributed by atoms with van der Waals surface area (Å²) in [4.78, 5) is 29.8. The second-order valence-electron chi connectivity index (χ2n) is 8.38. The molecule has 0 aliphatic heterocycles. The van der Waals surface area contributed by atoms with Gasteiger partial charge in [0, 0.05) is 10.0 Å². The van der Waals surface area contributed by atoms with Gasteiger partial charge in [-0.15, -0.1) is 0 Å². The number of benzene rings is 3. The molecule has 0 aliphatic rings. The molecular weight excluding hydrogens is 754 g/mol. The average Bonchev–Trinajstić information content (AvgIpc) is 2.94. The van der Waals surface area contributed by atoms with Crippen molar-refractivity contribution in [3.05, 3.63) is 94.8 Å². The molecule has 0 aliphatic carbocycles. The molecule has 3 unspecified atom stereocenters. The summed E-state index contributed by atoms with van der Waals surface area (Å²) in [6.07, 6.45) is -6.12. The van der Waals surface area contributed by atoms with Gasteiger partial charge in [-0.2, -0.15) is 8.42 Å². The molecule has 0 N–H and O–H groups in total. The van der Waals surface area contributed by atoms with Crippen LogP contribution in [0, 0.1) is 0 Å². The van der Waals surface area contributed by atoms with Gasteiger partial charge in [-0.3, -0.25) is 4.18 Å². The number of carbonyl (C=O) groups excluding carboxylic acids is 2. The van der Waals surface area contributed by atoms with Crippen molar-refractivity contribution in [1.82, 2.24) is 0 Å². The van der Waals surface area contributed by atoms with Crippen molar-refractivity contribution in [2.24, 2.45) is 5.16 Å². The number of rotatable bonds is 12. The molecule has 0 bridgehead atoms. The Balaban J connectivity index is 2.06. The maximum absolute atomic E-state index is 15.6. The lowest BCUT2D eigenvalue weighted by molar-refractivity contribution is -0.0478. The largest absolute Gasteiger partial charge is 0.459 e. The lowest BCUT2D eigenvalue weighted by Crippen LogP contribution is -2.45. The fourth-order valence-electron chi connectivity index (χ4n) is 3.37. The number of hydrogen-bond donors (Lipinski definition) is 0. The zero-order valence-electron chi connectivity index (χ0n) is 21.8. The minimum Gasteiger partial charge on any atom is -0.459 e. The van der Waals surface area contributed by atoms with Crippen LogP contribution in [0.3, 0.4) is 0 Å². The SMILES string of the molecule is CON=CC(F)C(OC(=O)c1ccc(Cl)cc1Cl)C(COC(=O)c1ccc(Cl)cc1Cl)OS(=O)(=O)c1cc(Cl)c(Cl)cc1Cl. The summed E-state index contributed by atoms with van der Waals surface area (Å²) in [5, 5.41) is 2.72. The summed E-state index contributed by atoms with van der Waals surface area (Å²) in [6, 6.07) is 9.45. The quantitative estimate of drug-likeness (QED) is 0.0593. The van der Waals surface area contributed by atoms with Gasteiger partial charge in [-0.1, -0.05) is 86.4 Å². The first-order chi connectivity index (χ1) is 20.6. The smallest absolute Gasteiger partial charge is 0.340 e. The average molecular weight is 771 g/mol. The third-order valence-electron chi connectivity index (χ3n) is 5.41. The molecule has 236 valence electrons. The number of nitrogens with zero attached hydrogens (tertiary/aromatic N) is 1. The number of alkyl halides is 1. The molecule has 3 aromatic carbocycles. The molecular formula is C26H17Cl7FNO8S. The summed E-state index contributed by atoms with van der Waals surface area (Å²) in [7, 11) is -3.86. The fourth-order valence-corrected chi connectivity index (χ4v) is 6.39. The topological polar surface area (TPSA) is 118 Å². The van der Waals surface area contributed by atoms with Crippen molar-refractivity contribution in [2.45, 2.75) is 23.3 Å². The molecule has 0 saturated carbocycles. The normalized spacial score (nSPS) is 13.8. The maximum Gasteiger partial charge on any atom is 0.340 e. The van der Waals surface area contributed by atoms with Crippen LogP contribution < -0.4 is 0 Å². The van der Waals surface area contributed by atoms with Gasteiger partial charge in [0.05, 0.1) is 42.5 Å². The Morgan fingerprint density at radius 1 is 0.818 bits per heavy atom. The van der Waals surface area contributed by atoms with Crippen molar-refractivity contribution >= 4 is 109 Å². The Bertz CT molecular complexity index is 1690. The highest BCUT2D eigenvalue weighted by Crippen LogP contribution is 2.34. The van der Waals surface area contributed by atoms with Gasteiger partial charge >= 0.3 is 11.9 Å². The summed E-state index contributed by atoms with van der Waals surface area (Å²) in [5.41, 5.74) is -0.444. The predicted octanol–water partition coefficient (Wildman–Crippen LogP) is 8.39. The van der Waals surface area contributed by atoms with E-state index in [-0.39, 0.29) is 41.3 Å². The van der Waals surface area contributed by atoms with Gasteiger partial charge in [0.1, 0.15) is 18.6 Å². The monoisotopic (exact) mass is 767 g/mol. The molecule has 3 rings (SSSR count). The molecule has 0 aromatic heterocycles. The van der Waals surface area contributed by atoms with Gasteiger partial charge in [0.15, 0.2) is 18.4 Å². The van der Waals surface area contributed by atoms with Crippen molar-refractivity contribution in [3.63, 3.8) is 0 Å². The summed E-state index contributed by atoms with van der Waals surface area (Å²) in [5.74, 6) is -2.31. The van der Waals surface area contributed by atoms with E-state index >= 15 is 4.39 Å². The number of ether oxygens (including phenoxy) is 2. The first-order valence-electron chi connectivity index (χ1n) is 11.7. The highest BCUT2D eigenvalue weighted by Gasteiger charge is 2.40. The number of esters is 2. The Labute approximate surface area is 285 Å². The molecule has 0 radical (unpaired) electrons.